The van der Waals surface area contributed by atoms with Gasteiger partial charge in [0.15, 0.2) is 5.96 Å². The van der Waals surface area contributed by atoms with Crippen LogP contribution < -0.4 is 5.32 Å². The van der Waals surface area contributed by atoms with E-state index >= 15 is 0 Å². The van der Waals surface area contributed by atoms with E-state index in [-0.39, 0.29) is 0 Å². The molecule has 2 fully saturated rings. The molecule has 1 saturated carbocycles. The number of ether oxygens (including phenoxy) is 2. The molecule has 0 amide bonds. The number of methoxy groups -OCH3 is 1. The van der Waals surface area contributed by atoms with Crippen molar-refractivity contribution in [2.24, 2.45) is 16.8 Å². The zero-order valence-electron chi connectivity index (χ0n) is 15.8. The summed E-state index contributed by atoms with van der Waals surface area (Å²) in [7, 11) is 3.61. The van der Waals surface area contributed by atoms with Gasteiger partial charge in [-0.2, -0.15) is 0 Å². The first-order chi connectivity index (χ1) is 11.8. The summed E-state index contributed by atoms with van der Waals surface area (Å²) < 4.78 is 10.7. The van der Waals surface area contributed by atoms with Crippen LogP contribution in [0.5, 0.6) is 0 Å². The van der Waals surface area contributed by atoms with Crippen LogP contribution in [0.25, 0.3) is 0 Å². The van der Waals surface area contributed by atoms with Gasteiger partial charge in [0, 0.05) is 39.7 Å². The summed E-state index contributed by atoms with van der Waals surface area (Å²) in [6.07, 6.45) is 11.1. The highest BCUT2D eigenvalue weighted by molar-refractivity contribution is 5.80. The average Bonchev–Trinajstić information content (AvgIpc) is 3.08. The molecule has 1 atom stereocenters. The van der Waals surface area contributed by atoms with Crippen LogP contribution in [0.3, 0.4) is 0 Å². The molecule has 2 rings (SSSR count). The zero-order valence-corrected chi connectivity index (χ0v) is 15.8. The Morgan fingerprint density at radius 3 is 2.71 bits per heavy atom. The second-order valence-corrected chi connectivity index (χ2v) is 7.29. The van der Waals surface area contributed by atoms with Gasteiger partial charge in [0.05, 0.1) is 19.8 Å². The molecule has 5 heteroatoms. The van der Waals surface area contributed by atoms with Gasteiger partial charge in [0.1, 0.15) is 0 Å². The first-order valence-electron chi connectivity index (χ1n) is 9.85. The molecule has 0 aromatic rings. The Hall–Kier alpha value is -0.810. The standard InChI is InChI=1S/C19H37N3O2/c1-20-19(21-11-6-9-17-7-4-3-5-8-17)22-12-10-18(15-22)16-24-14-13-23-2/h17-18H,3-16H2,1-2H3,(H,20,21). The smallest absolute Gasteiger partial charge is 0.193 e. The van der Waals surface area contributed by atoms with Gasteiger partial charge < -0.3 is 19.7 Å². The number of nitrogens with zero attached hydrogens (tertiary/aromatic N) is 2. The van der Waals surface area contributed by atoms with E-state index in [9.17, 15) is 0 Å². The maximum atomic E-state index is 5.67. The lowest BCUT2D eigenvalue weighted by molar-refractivity contribution is 0.0536. The van der Waals surface area contributed by atoms with Crippen LogP contribution in [0.15, 0.2) is 4.99 Å². The third-order valence-corrected chi connectivity index (χ3v) is 5.38. The molecule has 1 heterocycles. The monoisotopic (exact) mass is 339 g/mol. The third kappa shape index (κ3) is 6.98. The van der Waals surface area contributed by atoms with E-state index < -0.39 is 0 Å². The Balaban J connectivity index is 1.58. The van der Waals surface area contributed by atoms with Gasteiger partial charge in [-0.1, -0.05) is 32.1 Å². The second-order valence-electron chi connectivity index (χ2n) is 7.29. The molecule has 1 N–H and O–H groups in total. The van der Waals surface area contributed by atoms with Crippen molar-refractivity contribution in [2.75, 3.05) is 53.6 Å². The quantitative estimate of drug-likeness (QED) is 0.399. The lowest BCUT2D eigenvalue weighted by atomic mass is 9.86. The minimum atomic E-state index is 0.614. The Morgan fingerprint density at radius 1 is 1.12 bits per heavy atom. The number of hydrogen-bond acceptors (Lipinski definition) is 3. The van der Waals surface area contributed by atoms with Crippen molar-refractivity contribution in [3.8, 4) is 0 Å². The molecule has 0 aromatic heterocycles. The van der Waals surface area contributed by atoms with E-state index in [4.69, 9.17) is 9.47 Å². The van der Waals surface area contributed by atoms with Crippen molar-refractivity contribution in [3.63, 3.8) is 0 Å². The molecule has 140 valence electrons. The number of likely N-dealkylation sites (tertiary alicyclic amines) is 1. The normalized spacial score (nSPS) is 23.0. The molecular formula is C19H37N3O2. The molecule has 1 saturated heterocycles. The summed E-state index contributed by atoms with van der Waals surface area (Å²) >= 11 is 0. The van der Waals surface area contributed by atoms with Gasteiger partial charge in [-0.3, -0.25) is 4.99 Å². The zero-order chi connectivity index (χ0) is 17.0. The fraction of sp³-hybridized carbons (Fsp3) is 0.947. The third-order valence-electron chi connectivity index (χ3n) is 5.38. The van der Waals surface area contributed by atoms with E-state index in [2.05, 4.69) is 15.2 Å². The summed E-state index contributed by atoms with van der Waals surface area (Å²) in [6.45, 7) is 5.39. The minimum absolute atomic E-state index is 0.614. The summed E-state index contributed by atoms with van der Waals surface area (Å²) in [5.41, 5.74) is 0. The fourth-order valence-electron chi connectivity index (χ4n) is 3.95. The van der Waals surface area contributed by atoms with Gasteiger partial charge in [-0.15, -0.1) is 0 Å². The highest BCUT2D eigenvalue weighted by atomic mass is 16.5. The molecule has 5 nitrogen and oxygen atoms in total. The van der Waals surface area contributed by atoms with Gasteiger partial charge in [0.25, 0.3) is 0 Å². The van der Waals surface area contributed by atoms with Crippen LogP contribution in [-0.4, -0.2) is 64.5 Å². The van der Waals surface area contributed by atoms with Crippen LogP contribution in [0.1, 0.15) is 51.4 Å². The molecule has 1 unspecified atom stereocenters. The van der Waals surface area contributed by atoms with Crippen LogP contribution in [0, 0.1) is 11.8 Å². The topological polar surface area (TPSA) is 46.1 Å². The lowest BCUT2D eigenvalue weighted by Crippen LogP contribution is -2.40. The molecular weight excluding hydrogens is 302 g/mol. The highest BCUT2D eigenvalue weighted by Gasteiger charge is 2.24. The maximum absolute atomic E-state index is 5.67. The largest absolute Gasteiger partial charge is 0.382 e. The number of aliphatic imine (C=N–C) groups is 1. The van der Waals surface area contributed by atoms with Crippen LogP contribution in [0.4, 0.5) is 0 Å². The van der Waals surface area contributed by atoms with Crippen LogP contribution in [0.2, 0.25) is 0 Å². The van der Waals surface area contributed by atoms with E-state index in [1.54, 1.807) is 7.11 Å². The van der Waals surface area contributed by atoms with Crippen molar-refractivity contribution in [1.29, 1.82) is 0 Å². The Bertz CT molecular complexity index is 357. The summed E-state index contributed by atoms with van der Waals surface area (Å²) in [5.74, 6) is 2.66. The Kier molecular flexibility index (Phi) is 9.51. The van der Waals surface area contributed by atoms with Crippen molar-refractivity contribution in [1.82, 2.24) is 10.2 Å². The van der Waals surface area contributed by atoms with E-state index in [1.807, 2.05) is 7.05 Å². The van der Waals surface area contributed by atoms with E-state index in [0.29, 0.717) is 19.1 Å². The lowest BCUT2D eigenvalue weighted by Gasteiger charge is -2.23. The molecule has 1 aliphatic carbocycles. The van der Waals surface area contributed by atoms with Crippen molar-refractivity contribution < 1.29 is 9.47 Å². The van der Waals surface area contributed by atoms with Gasteiger partial charge in [0.2, 0.25) is 0 Å². The molecule has 0 bridgehead atoms. The second kappa shape index (κ2) is 11.7. The van der Waals surface area contributed by atoms with E-state index in [0.717, 1.165) is 38.1 Å². The predicted molar refractivity (Wildman–Crippen MR) is 99.5 cm³/mol. The summed E-state index contributed by atoms with van der Waals surface area (Å²) in [5, 5.41) is 3.56. The maximum Gasteiger partial charge on any atom is 0.193 e. The van der Waals surface area contributed by atoms with Crippen LogP contribution in [-0.2, 0) is 9.47 Å². The summed E-state index contributed by atoms with van der Waals surface area (Å²) in [6, 6.07) is 0. The molecule has 24 heavy (non-hydrogen) atoms. The number of rotatable bonds is 9. The molecule has 1 aliphatic heterocycles. The average molecular weight is 340 g/mol. The number of hydrogen-bond donors (Lipinski definition) is 1. The molecule has 0 spiro atoms. The molecule has 0 radical (unpaired) electrons. The van der Waals surface area contributed by atoms with Crippen molar-refractivity contribution >= 4 is 5.96 Å². The van der Waals surface area contributed by atoms with Gasteiger partial charge in [-0.05, 0) is 25.2 Å². The predicted octanol–water partition coefficient (Wildman–Crippen LogP) is 2.91. The first-order valence-corrected chi connectivity index (χ1v) is 9.85. The summed E-state index contributed by atoms with van der Waals surface area (Å²) in [4.78, 5) is 6.85. The van der Waals surface area contributed by atoms with Crippen molar-refractivity contribution in [3.05, 3.63) is 0 Å². The van der Waals surface area contributed by atoms with E-state index in [1.165, 1.54) is 51.4 Å². The number of nitrogens with one attached hydrogen (secondary N) is 1. The number of guanidine groups is 1. The van der Waals surface area contributed by atoms with Crippen LogP contribution >= 0.6 is 0 Å². The Morgan fingerprint density at radius 2 is 1.96 bits per heavy atom. The molecule has 0 aromatic carbocycles. The molecule has 2 aliphatic rings. The Labute approximate surface area is 148 Å². The van der Waals surface area contributed by atoms with Gasteiger partial charge >= 0.3 is 0 Å². The highest BCUT2D eigenvalue weighted by Crippen LogP contribution is 2.27. The first kappa shape index (κ1) is 19.5. The minimum Gasteiger partial charge on any atom is -0.382 e. The fourth-order valence-corrected chi connectivity index (χ4v) is 3.95. The van der Waals surface area contributed by atoms with Crippen molar-refractivity contribution in [2.45, 2.75) is 51.4 Å². The SMILES string of the molecule is CN=C(NCCCC1CCCCC1)N1CCC(COCCOC)C1. The van der Waals surface area contributed by atoms with Gasteiger partial charge in [-0.25, -0.2) is 0 Å².